The number of rotatable bonds is 8. The molecule has 2 aromatic rings. The Kier molecular flexibility index (Phi) is 7.79. The van der Waals surface area contributed by atoms with Crippen molar-refractivity contribution in [2.75, 3.05) is 18.5 Å². The first-order chi connectivity index (χ1) is 18.3. The number of hydrogen-bond donors (Lipinski definition) is 4. The molecule has 0 saturated carbocycles. The number of pyridine rings is 2. The summed E-state index contributed by atoms with van der Waals surface area (Å²) in [4.78, 5) is 17.6. The summed E-state index contributed by atoms with van der Waals surface area (Å²) >= 11 is 0. The molecule has 2 aromatic heterocycles. The van der Waals surface area contributed by atoms with Crippen molar-refractivity contribution in [3.05, 3.63) is 82.0 Å². The van der Waals surface area contributed by atoms with E-state index in [2.05, 4.69) is 20.4 Å². The second-order valence-electron chi connectivity index (χ2n) is 9.42. The maximum atomic E-state index is 13.9. The number of anilines is 1. The van der Waals surface area contributed by atoms with Crippen LogP contribution < -0.4 is 20.9 Å². The number of aliphatic hydroxyl groups is 1. The Bertz CT molecular complexity index is 1430. The molecule has 4 rings (SSSR count). The number of halogens is 3. The second-order valence-corrected chi connectivity index (χ2v) is 9.42. The predicted octanol–water partition coefficient (Wildman–Crippen LogP) is 4.15. The Balaban J connectivity index is 1.81. The Hall–Kier alpha value is -4.16. The van der Waals surface area contributed by atoms with E-state index in [9.17, 15) is 23.1 Å². The second kappa shape index (κ2) is 10.9. The Morgan fingerprint density at radius 3 is 2.67 bits per heavy atom. The lowest BCUT2D eigenvalue weighted by Crippen LogP contribution is -2.32. The molecule has 9 nitrogen and oxygen atoms in total. The van der Waals surface area contributed by atoms with E-state index < -0.39 is 29.6 Å². The number of nitrogens with one attached hydrogen (secondary N) is 3. The molecule has 12 heteroatoms. The van der Waals surface area contributed by atoms with Crippen LogP contribution in [0.4, 0.5) is 19.0 Å². The third-order valence-corrected chi connectivity index (χ3v) is 5.66. The van der Waals surface area contributed by atoms with Gasteiger partial charge in [-0.3, -0.25) is 9.36 Å². The lowest BCUT2D eigenvalue weighted by atomic mass is 9.95. The first kappa shape index (κ1) is 27.9. The van der Waals surface area contributed by atoms with Gasteiger partial charge in [-0.25, -0.2) is 4.98 Å². The van der Waals surface area contributed by atoms with Crippen molar-refractivity contribution >= 4 is 23.2 Å². The molecule has 0 aromatic carbocycles. The summed E-state index contributed by atoms with van der Waals surface area (Å²) in [5.41, 5.74) is 0.948. The van der Waals surface area contributed by atoms with Crippen molar-refractivity contribution in [2.45, 2.75) is 39.0 Å². The molecule has 0 spiro atoms. The number of hydrogen-bond acceptors (Lipinski definition) is 8. The lowest BCUT2D eigenvalue weighted by molar-refractivity contribution is -0.276. The van der Waals surface area contributed by atoms with Crippen molar-refractivity contribution in [3.63, 3.8) is 0 Å². The van der Waals surface area contributed by atoms with E-state index >= 15 is 0 Å². The molecule has 0 bridgehead atoms. The van der Waals surface area contributed by atoms with Crippen LogP contribution in [0.1, 0.15) is 31.9 Å². The quantitative estimate of drug-likeness (QED) is 0.395. The molecule has 1 atom stereocenters. The van der Waals surface area contributed by atoms with Crippen LogP contribution in [0.3, 0.4) is 0 Å². The zero-order valence-electron chi connectivity index (χ0n) is 21.5. The molecular formula is C27H28F3N5O4. The third kappa shape index (κ3) is 6.84. The van der Waals surface area contributed by atoms with Gasteiger partial charge in [0.1, 0.15) is 12.0 Å². The van der Waals surface area contributed by atoms with E-state index in [1.165, 1.54) is 10.6 Å². The highest BCUT2D eigenvalue weighted by Crippen LogP contribution is 2.30. The van der Waals surface area contributed by atoms with Crippen LogP contribution in [-0.2, 0) is 4.74 Å². The lowest BCUT2D eigenvalue weighted by Gasteiger charge is -2.26. The van der Waals surface area contributed by atoms with Crippen LogP contribution in [0.25, 0.3) is 17.3 Å². The summed E-state index contributed by atoms with van der Waals surface area (Å²) in [5, 5.41) is 24.3. The smallest absolute Gasteiger partial charge is 0.389 e. The van der Waals surface area contributed by atoms with E-state index in [1.54, 1.807) is 56.5 Å². The van der Waals surface area contributed by atoms with Gasteiger partial charge in [0.15, 0.2) is 0 Å². The van der Waals surface area contributed by atoms with E-state index in [4.69, 9.17) is 10.1 Å². The fraction of sp³-hybridized carbons (Fsp3) is 0.296. The Labute approximate surface area is 222 Å². The van der Waals surface area contributed by atoms with Gasteiger partial charge >= 0.3 is 6.36 Å². The highest BCUT2D eigenvalue weighted by Gasteiger charge is 2.32. The van der Waals surface area contributed by atoms with Crippen LogP contribution in [0.2, 0.25) is 0 Å². The zero-order chi connectivity index (χ0) is 28.4. The first-order valence-electron chi connectivity index (χ1n) is 12.1. The van der Waals surface area contributed by atoms with Gasteiger partial charge in [-0.05, 0) is 56.7 Å². The molecule has 3 heterocycles. The highest BCUT2D eigenvalue weighted by molar-refractivity contribution is 6.13. The van der Waals surface area contributed by atoms with Gasteiger partial charge in [0, 0.05) is 42.1 Å². The minimum atomic E-state index is -4.90. The largest absolute Gasteiger partial charge is 0.574 e. The summed E-state index contributed by atoms with van der Waals surface area (Å²) in [5.74, 6) is -0.277. The summed E-state index contributed by atoms with van der Waals surface area (Å²) in [6.45, 7) is 5.78. The minimum Gasteiger partial charge on any atom is -0.389 e. The highest BCUT2D eigenvalue weighted by atomic mass is 19.4. The van der Waals surface area contributed by atoms with Gasteiger partial charge in [0.25, 0.3) is 5.56 Å². The predicted molar refractivity (Wildman–Crippen MR) is 142 cm³/mol. The van der Waals surface area contributed by atoms with Gasteiger partial charge in [-0.2, -0.15) is 0 Å². The topological polar surface area (TPSA) is 121 Å². The van der Waals surface area contributed by atoms with E-state index in [1.807, 2.05) is 6.92 Å². The third-order valence-electron chi connectivity index (χ3n) is 5.66. The van der Waals surface area contributed by atoms with E-state index in [0.717, 1.165) is 12.3 Å². The number of allylic oxidation sites excluding steroid dienone is 5. The number of fused-ring (bicyclic) bond motifs is 1. The molecule has 1 unspecified atom stereocenters. The van der Waals surface area contributed by atoms with Gasteiger partial charge in [-0.1, -0.05) is 12.2 Å². The molecule has 0 radical (unpaired) electrons. The normalized spacial score (nSPS) is 18.0. The van der Waals surface area contributed by atoms with Crippen molar-refractivity contribution < 1.29 is 27.8 Å². The number of aromatic nitrogens is 2. The SMILES string of the molecule is CCOC1C=Cc2cc(C3=C/C(=C/NCC(C)(C)O)C(=N)C=C3)c(=O)n(-c3ccc(OC(F)(F)F)nc3)c2N1. The van der Waals surface area contributed by atoms with Crippen LogP contribution in [-0.4, -0.2) is 51.7 Å². The molecule has 2 aliphatic rings. The number of nitrogens with zero attached hydrogens (tertiary/aromatic N) is 2. The molecular weight excluding hydrogens is 515 g/mol. The maximum absolute atomic E-state index is 13.9. The van der Waals surface area contributed by atoms with Gasteiger partial charge in [0.05, 0.1) is 23.2 Å². The molecule has 39 heavy (non-hydrogen) atoms. The summed E-state index contributed by atoms with van der Waals surface area (Å²) < 4.78 is 48.7. The van der Waals surface area contributed by atoms with Crippen LogP contribution >= 0.6 is 0 Å². The standard InChI is InChI=1S/C27H28F3N5O4/c1-4-38-23-9-6-17-12-20(16-5-8-21(31)18(11-16)13-32-15-26(2,3)37)25(36)35(24(17)34-23)19-7-10-22(33-14-19)39-27(28,29)30/h5-14,23,31-32,34,37H,4,15H2,1-3H3/b18-13-,31-21?. The molecule has 0 amide bonds. The first-order valence-corrected chi connectivity index (χ1v) is 12.1. The average molecular weight is 544 g/mol. The van der Waals surface area contributed by atoms with Crippen molar-refractivity contribution in [1.82, 2.24) is 14.9 Å². The number of ether oxygens (including phenoxy) is 2. The molecule has 0 saturated heterocycles. The Morgan fingerprint density at radius 1 is 1.26 bits per heavy atom. The van der Waals surface area contributed by atoms with Gasteiger partial charge in [0.2, 0.25) is 5.88 Å². The van der Waals surface area contributed by atoms with Crippen molar-refractivity contribution in [2.24, 2.45) is 0 Å². The van der Waals surface area contributed by atoms with E-state index in [0.29, 0.717) is 34.7 Å². The van der Waals surface area contributed by atoms with Gasteiger partial charge in [-0.15, -0.1) is 13.2 Å². The molecule has 1 aliphatic heterocycles. The summed E-state index contributed by atoms with van der Waals surface area (Å²) in [7, 11) is 0. The molecule has 0 fully saturated rings. The fourth-order valence-electron chi connectivity index (χ4n) is 3.96. The average Bonchev–Trinajstić information content (AvgIpc) is 2.84. The summed E-state index contributed by atoms with van der Waals surface area (Å²) in [6.07, 6.45) is 5.74. The molecule has 206 valence electrons. The monoisotopic (exact) mass is 543 g/mol. The zero-order valence-corrected chi connectivity index (χ0v) is 21.5. The number of alkyl halides is 3. The minimum absolute atomic E-state index is 0.210. The van der Waals surface area contributed by atoms with Crippen LogP contribution in [0.15, 0.2) is 65.3 Å². The van der Waals surface area contributed by atoms with Crippen molar-refractivity contribution in [3.8, 4) is 11.6 Å². The van der Waals surface area contributed by atoms with E-state index in [-0.39, 0.29) is 17.9 Å². The fourth-order valence-corrected chi connectivity index (χ4v) is 3.96. The van der Waals surface area contributed by atoms with Crippen LogP contribution in [0.5, 0.6) is 5.88 Å². The van der Waals surface area contributed by atoms with Gasteiger partial charge < -0.3 is 30.6 Å². The summed E-state index contributed by atoms with van der Waals surface area (Å²) in [6, 6.07) is 4.03. The van der Waals surface area contributed by atoms with Crippen LogP contribution in [0, 0.1) is 5.41 Å². The van der Waals surface area contributed by atoms with Crippen molar-refractivity contribution in [1.29, 1.82) is 5.41 Å². The Morgan fingerprint density at radius 2 is 2.03 bits per heavy atom. The maximum Gasteiger partial charge on any atom is 0.574 e. The molecule has 1 aliphatic carbocycles. The molecule has 4 N–H and O–H groups in total.